The summed E-state index contributed by atoms with van der Waals surface area (Å²) >= 11 is 1.45. The third kappa shape index (κ3) is 3.30. The maximum atomic E-state index is 13.5. The predicted molar refractivity (Wildman–Crippen MR) is 91.7 cm³/mol. The number of pyridine rings is 2. The van der Waals surface area contributed by atoms with Gasteiger partial charge >= 0.3 is 0 Å². The largest absolute Gasteiger partial charge is 0.304 e. The van der Waals surface area contributed by atoms with Crippen molar-refractivity contribution in [3.8, 4) is 11.1 Å². The van der Waals surface area contributed by atoms with Gasteiger partial charge in [-0.05, 0) is 44.0 Å². The summed E-state index contributed by atoms with van der Waals surface area (Å²) in [5.41, 5.74) is 2.96. The van der Waals surface area contributed by atoms with Gasteiger partial charge in [0.25, 0.3) is 5.91 Å². The van der Waals surface area contributed by atoms with E-state index in [9.17, 15) is 9.18 Å². The van der Waals surface area contributed by atoms with Gasteiger partial charge in [-0.2, -0.15) is 0 Å². The van der Waals surface area contributed by atoms with Gasteiger partial charge in [0.1, 0.15) is 17.3 Å². The van der Waals surface area contributed by atoms with E-state index in [1.54, 1.807) is 25.4 Å². The summed E-state index contributed by atoms with van der Waals surface area (Å²) in [5.74, 6) is -0.267. The zero-order valence-electron chi connectivity index (χ0n) is 13.4. The van der Waals surface area contributed by atoms with Crippen LogP contribution in [0.4, 0.5) is 10.2 Å². The SMILES string of the molecule is Cc1cc(-c2cncc(F)c2)c(C)c(C(=O)Nc2csc(C)n2)n1. The maximum absolute atomic E-state index is 13.5. The first-order valence-corrected chi connectivity index (χ1v) is 8.14. The minimum Gasteiger partial charge on any atom is -0.304 e. The van der Waals surface area contributed by atoms with Crippen molar-refractivity contribution in [2.75, 3.05) is 5.32 Å². The van der Waals surface area contributed by atoms with Gasteiger partial charge in [-0.15, -0.1) is 11.3 Å². The zero-order chi connectivity index (χ0) is 17.3. The average molecular weight is 342 g/mol. The number of nitrogens with zero attached hydrogens (tertiary/aromatic N) is 3. The molecule has 0 saturated carbocycles. The van der Waals surface area contributed by atoms with Gasteiger partial charge in [0, 0.05) is 22.8 Å². The van der Waals surface area contributed by atoms with Crippen LogP contribution in [0, 0.1) is 26.6 Å². The number of carbonyl (C=O) groups excluding carboxylic acids is 1. The number of carbonyl (C=O) groups is 1. The molecular weight excluding hydrogens is 327 g/mol. The lowest BCUT2D eigenvalue weighted by molar-refractivity contribution is 0.102. The van der Waals surface area contributed by atoms with Gasteiger partial charge < -0.3 is 5.32 Å². The van der Waals surface area contributed by atoms with Crippen molar-refractivity contribution in [3.63, 3.8) is 0 Å². The minimum atomic E-state index is -0.426. The second-order valence-corrected chi connectivity index (χ2v) is 6.44. The lowest BCUT2D eigenvalue weighted by Crippen LogP contribution is -2.16. The Hall–Kier alpha value is -2.67. The number of anilines is 1. The molecule has 3 heterocycles. The molecule has 5 nitrogen and oxygen atoms in total. The first-order chi connectivity index (χ1) is 11.4. The van der Waals surface area contributed by atoms with Crippen molar-refractivity contribution in [1.82, 2.24) is 15.0 Å². The number of thiazole rings is 1. The average Bonchev–Trinajstić information content (AvgIpc) is 2.94. The van der Waals surface area contributed by atoms with Crippen molar-refractivity contribution >= 4 is 23.1 Å². The van der Waals surface area contributed by atoms with Crippen molar-refractivity contribution in [2.24, 2.45) is 0 Å². The minimum absolute atomic E-state index is 0.292. The third-order valence-corrected chi connectivity index (χ3v) is 4.27. The predicted octanol–water partition coefficient (Wildman–Crippen LogP) is 3.92. The quantitative estimate of drug-likeness (QED) is 0.783. The molecule has 0 aliphatic heterocycles. The first kappa shape index (κ1) is 16.2. The molecule has 1 N–H and O–H groups in total. The van der Waals surface area contributed by atoms with Crippen molar-refractivity contribution in [1.29, 1.82) is 0 Å². The number of aryl methyl sites for hydroxylation is 2. The number of hydrogen-bond acceptors (Lipinski definition) is 5. The Balaban J connectivity index is 2.01. The number of nitrogens with one attached hydrogen (secondary N) is 1. The van der Waals surface area contributed by atoms with Crippen LogP contribution in [-0.4, -0.2) is 20.9 Å². The fraction of sp³-hybridized carbons (Fsp3) is 0.176. The summed E-state index contributed by atoms with van der Waals surface area (Å²) in [4.78, 5) is 25.0. The van der Waals surface area contributed by atoms with E-state index in [4.69, 9.17) is 0 Å². The molecule has 0 saturated heterocycles. The standard InChI is InChI=1S/C17H15FN4OS/c1-9-4-14(12-5-13(18)7-19-6-12)10(2)16(20-9)17(23)22-15-8-24-11(3)21-15/h4-8H,1-3H3,(H,22,23). The van der Waals surface area contributed by atoms with E-state index in [1.807, 2.05) is 13.0 Å². The summed E-state index contributed by atoms with van der Waals surface area (Å²) in [6.07, 6.45) is 2.71. The highest BCUT2D eigenvalue weighted by atomic mass is 32.1. The topological polar surface area (TPSA) is 67.8 Å². The van der Waals surface area contributed by atoms with Crippen LogP contribution < -0.4 is 5.32 Å². The van der Waals surface area contributed by atoms with E-state index in [0.29, 0.717) is 28.3 Å². The molecule has 0 unspecified atom stereocenters. The van der Waals surface area contributed by atoms with Gasteiger partial charge in [-0.3, -0.25) is 9.78 Å². The zero-order valence-corrected chi connectivity index (χ0v) is 14.2. The molecule has 1 amide bonds. The van der Waals surface area contributed by atoms with Gasteiger partial charge in [0.15, 0.2) is 0 Å². The second kappa shape index (κ2) is 6.45. The first-order valence-electron chi connectivity index (χ1n) is 7.26. The third-order valence-electron chi connectivity index (χ3n) is 3.49. The Morgan fingerprint density at radius 2 is 1.96 bits per heavy atom. The van der Waals surface area contributed by atoms with Crippen molar-refractivity contribution < 1.29 is 9.18 Å². The molecule has 0 aliphatic carbocycles. The van der Waals surface area contributed by atoms with E-state index < -0.39 is 5.82 Å². The number of halogens is 1. The second-order valence-electron chi connectivity index (χ2n) is 5.38. The Bertz CT molecular complexity index is 923. The molecule has 0 aromatic carbocycles. The van der Waals surface area contributed by atoms with E-state index in [-0.39, 0.29) is 5.91 Å². The molecule has 24 heavy (non-hydrogen) atoms. The van der Waals surface area contributed by atoms with Crippen LogP contribution >= 0.6 is 11.3 Å². The lowest BCUT2D eigenvalue weighted by atomic mass is 10.00. The van der Waals surface area contributed by atoms with Gasteiger partial charge in [-0.25, -0.2) is 14.4 Å². The smallest absolute Gasteiger partial charge is 0.275 e. The molecule has 0 fully saturated rings. The van der Waals surface area contributed by atoms with Crippen LogP contribution in [0.1, 0.15) is 26.8 Å². The Morgan fingerprint density at radius 1 is 1.17 bits per heavy atom. The highest BCUT2D eigenvalue weighted by Gasteiger charge is 2.17. The molecular formula is C17H15FN4OS. The van der Waals surface area contributed by atoms with E-state index in [2.05, 4.69) is 20.3 Å². The summed E-state index contributed by atoms with van der Waals surface area (Å²) in [7, 11) is 0. The maximum Gasteiger partial charge on any atom is 0.275 e. The fourth-order valence-corrected chi connectivity index (χ4v) is 2.96. The van der Waals surface area contributed by atoms with Crippen molar-refractivity contribution in [3.05, 3.63) is 57.7 Å². The Morgan fingerprint density at radius 3 is 2.62 bits per heavy atom. The van der Waals surface area contributed by atoms with Crippen LogP contribution in [0.15, 0.2) is 29.9 Å². The Labute approximate surface area is 142 Å². The van der Waals surface area contributed by atoms with Gasteiger partial charge in [0.2, 0.25) is 0 Å². The summed E-state index contributed by atoms with van der Waals surface area (Å²) in [6, 6.07) is 3.20. The van der Waals surface area contributed by atoms with Crippen LogP contribution in [0.2, 0.25) is 0 Å². The number of hydrogen-bond donors (Lipinski definition) is 1. The molecule has 7 heteroatoms. The summed E-state index contributed by atoms with van der Waals surface area (Å²) < 4.78 is 13.5. The highest BCUT2D eigenvalue weighted by Crippen LogP contribution is 2.26. The Kier molecular flexibility index (Phi) is 4.35. The molecule has 3 aromatic heterocycles. The summed E-state index contributed by atoms with van der Waals surface area (Å²) in [5, 5.41) is 5.39. The molecule has 3 rings (SSSR count). The normalized spacial score (nSPS) is 10.7. The number of aromatic nitrogens is 3. The van der Waals surface area contributed by atoms with Crippen LogP contribution in [0.5, 0.6) is 0 Å². The van der Waals surface area contributed by atoms with Gasteiger partial charge in [-0.1, -0.05) is 0 Å². The van der Waals surface area contributed by atoms with Crippen LogP contribution in [0.3, 0.4) is 0 Å². The number of amides is 1. The molecule has 122 valence electrons. The number of rotatable bonds is 3. The molecule has 0 bridgehead atoms. The summed E-state index contributed by atoms with van der Waals surface area (Å²) in [6.45, 7) is 5.44. The lowest BCUT2D eigenvalue weighted by Gasteiger charge is -2.12. The van der Waals surface area contributed by atoms with E-state index in [1.165, 1.54) is 17.4 Å². The van der Waals surface area contributed by atoms with E-state index >= 15 is 0 Å². The molecule has 0 radical (unpaired) electrons. The molecule has 0 atom stereocenters. The van der Waals surface area contributed by atoms with Crippen molar-refractivity contribution in [2.45, 2.75) is 20.8 Å². The fourth-order valence-electron chi connectivity index (χ4n) is 2.41. The molecule has 0 aliphatic rings. The van der Waals surface area contributed by atoms with Crippen LogP contribution in [-0.2, 0) is 0 Å². The van der Waals surface area contributed by atoms with Crippen LogP contribution in [0.25, 0.3) is 11.1 Å². The molecule has 0 spiro atoms. The van der Waals surface area contributed by atoms with E-state index in [0.717, 1.165) is 16.8 Å². The highest BCUT2D eigenvalue weighted by molar-refractivity contribution is 7.09. The van der Waals surface area contributed by atoms with Gasteiger partial charge in [0.05, 0.1) is 11.2 Å². The monoisotopic (exact) mass is 342 g/mol. The molecule has 3 aromatic rings.